The van der Waals surface area contributed by atoms with Crippen molar-refractivity contribution in [3.63, 3.8) is 0 Å². The van der Waals surface area contributed by atoms with Crippen LogP contribution in [-0.4, -0.2) is 16.5 Å². The molecule has 1 heterocycles. The van der Waals surface area contributed by atoms with Crippen molar-refractivity contribution in [2.75, 3.05) is 6.54 Å². The standard InChI is InChI=1S/C13H18ClN3O2/c1-9(2)6-15-12(8-17(18)19)10(3)11-4-5-13(14)16-7-11/h4-5,7-10,15H,6H2,1-3H3. The first-order valence-electron chi connectivity index (χ1n) is 6.10. The molecule has 6 heteroatoms. The molecule has 1 aromatic rings. The van der Waals surface area contributed by atoms with E-state index in [1.165, 1.54) is 0 Å². The van der Waals surface area contributed by atoms with Gasteiger partial charge in [-0.15, -0.1) is 0 Å². The molecule has 5 nitrogen and oxygen atoms in total. The molecular formula is C13H18ClN3O2. The third-order valence-electron chi connectivity index (χ3n) is 2.68. The minimum Gasteiger partial charge on any atom is -0.383 e. The number of halogens is 1. The lowest BCUT2D eigenvalue weighted by atomic mass is 9.99. The van der Waals surface area contributed by atoms with Crippen LogP contribution in [0.5, 0.6) is 0 Å². The number of nitrogens with zero attached hydrogens (tertiary/aromatic N) is 2. The van der Waals surface area contributed by atoms with Gasteiger partial charge in [0, 0.05) is 18.7 Å². The molecule has 0 saturated carbocycles. The number of hydrogen-bond acceptors (Lipinski definition) is 4. The molecule has 0 spiro atoms. The maximum Gasteiger partial charge on any atom is 0.253 e. The van der Waals surface area contributed by atoms with Crippen molar-refractivity contribution in [3.05, 3.63) is 51.1 Å². The summed E-state index contributed by atoms with van der Waals surface area (Å²) in [6.45, 7) is 6.68. The van der Waals surface area contributed by atoms with Gasteiger partial charge in [0.2, 0.25) is 0 Å². The highest BCUT2D eigenvalue weighted by Gasteiger charge is 2.15. The summed E-state index contributed by atoms with van der Waals surface area (Å²) < 4.78 is 0. The molecule has 104 valence electrons. The van der Waals surface area contributed by atoms with E-state index in [4.69, 9.17) is 11.6 Å². The van der Waals surface area contributed by atoms with E-state index >= 15 is 0 Å². The Morgan fingerprint density at radius 2 is 2.21 bits per heavy atom. The quantitative estimate of drug-likeness (QED) is 0.494. The van der Waals surface area contributed by atoms with Crippen LogP contribution in [0.1, 0.15) is 32.3 Å². The van der Waals surface area contributed by atoms with E-state index in [2.05, 4.69) is 10.3 Å². The smallest absolute Gasteiger partial charge is 0.253 e. The van der Waals surface area contributed by atoms with E-state index in [1.54, 1.807) is 12.3 Å². The molecule has 19 heavy (non-hydrogen) atoms. The third kappa shape index (κ3) is 5.26. The van der Waals surface area contributed by atoms with E-state index in [-0.39, 0.29) is 5.92 Å². The number of aromatic nitrogens is 1. The van der Waals surface area contributed by atoms with Gasteiger partial charge in [0.25, 0.3) is 6.20 Å². The Hall–Kier alpha value is -1.62. The second-order valence-electron chi connectivity index (χ2n) is 4.78. The number of pyridine rings is 1. The van der Waals surface area contributed by atoms with Crippen LogP contribution < -0.4 is 5.32 Å². The largest absolute Gasteiger partial charge is 0.383 e. The zero-order valence-corrected chi connectivity index (χ0v) is 12.0. The first kappa shape index (κ1) is 15.4. The van der Waals surface area contributed by atoms with Gasteiger partial charge in [0.1, 0.15) is 5.15 Å². The molecule has 1 unspecified atom stereocenters. The molecule has 1 N–H and O–H groups in total. The fourth-order valence-electron chi connectivity index (χ4n) is 1.57. The molecule has 1 aromatic heterocycles. The predicted octanol–water partition coefficient (Wildman–Crippen LogP) is 3.20. The number of allylic oxidation sites excluding steroid dienone is 1. The fraction of sp³-hybridized carbons (Fsp3) is 0.462. The minimum atomic E-state index is -0.442. The fourth-order valence-corrected chi connectivity index (χ4v) is 1.68. The van der Waals surface area contributed by atoms with Crippen LogP contribution in [0, 0.1) is 16.0 Å². The van der Waals surface area contributed by atoms with Gasteiger partial charge in [0.05, 0.1) is 10.6 Å². The molecule has 0 amide bonds. The summed E-state index contributed by atoms with van der Waals surface area (Å²) in [6, 6.07) is 3.50. The molecule has 0 aliphatic carbocycles. The molecule has 0 saturated heterocycles. The molecule has 0 bridgehead atoms. The molecule has 0 radical (unpaired) electrons. The van der Waals surface area contributed by atoms with E-state index in [9.17, 15) is 10.1 Å². The highest BCUT2D eigenvalue weighted by molar-refractivity contribution is 6.29. The van der Waals surface area contributed by atoms with Crippen LogP contribution in [0.25, 0.3) is 0 Å². The van der Waals surface area contributed by atoms with Crippen LogP contribution in [0.15, 0.2) is 30.2 Å². The van der Waals surface area contributed by atoms with E-state index in [0.29, 0.717) is 23.3 Å². The van der Waals surface area contributed by atoms with E-state index < -0.39 is 4.92 Å². The van der Waals surface area contributed by atoms with Crippen molar-refractivity contribution >= 4 is 11.6 Å². The topological polar surface area (TPSA) is 68.1 Å². The van der Waals surface area contributed by atoms with Crippen molar-refractivity contribution in [1.82, 2.24) is 10.3 Å². The summed E-state index contributed by atoms with van der Waals surface area (Å²) in [7, 11) is 0. The van der Waals surface area contributed by atoms with Gasteiger partial charge >= 0.3 is 0 Å². The SMILES string of the molecule is CC(C)CNC(=C[N+](=O)[O-])C(C)c1ccc(Cl)nc1. The third-order valence-corrected chi connectivity index (χ3v) is 2.90. The van der Waals surface area contributed by atoms with E-state index in [1.807, 2.05) is 26.8 Å². The van der Waals surface area contributed by atoms with Crippen molar-refractivity contribution in [3.8, 4) is 0 Å². The van der Waals surface area contributed by atoms with Crippen molar-refractivity contribution in [2.45, 2.75) is 26.7 Å². The maximum absolute atomic E-state index is 10.7. The molecule has 0 aliphatic heterocycles. The summed E-state index contributed by atoms with van der Waals surface area (Å²) in [5, 5.41) is 14.2. The first-order valence-corrected chi connectivity index (χ1v) is 6.48. The van der Waals surface area contributed by atoms with Crippen LogP contribution in [-0.2, 0) is 0 Å². The average molecular weight is 284 g/mol. The summed E-state index contributed by atoms with van der Waals surface area (Å²) in [5.74, 6) is 0.277. The Balaban J connectivity index is 2.90. The van der Waals surface area contributed by atoms with Gasteiger partial charge in [-0.3, -0.25) is 10.1 Å². The van der Waals surface area contributed by atoms with E-state index in [0.717, 1.165) is 11.8 Å². The molecule has 0 aromatic carbocycles. The van der Waals surface area contributed by atoms with Gasteiger partial charge in [-0.1, -0.05) is 38.4 Å². The summed E-state index contributed by atoms with van der Waals surface area (Å²) in [4.78, 5) is 14.3. The lowest BCUT2D eigenvalue weighted by Crippen LogP contribution is -2.23. The second-order valence-corrected chi connectivity index (χ2v) is 5.17. The molecule has 0 fully saturated rings. The van der Waals surface area contributed by atoms with Gasteiger partial charge < -0.3 is 5.32 Å². The Morgan fingerprint density at radius 3 is 2.68 bits per heavy atom. The minimum absolute atomic E-state index is 0.131. The highest BCUT2D eigenvalue weighted by Crippen LogP contribution is 2.22. The monoisotopic (exact) mass is 283 g/mol. The lowest BCUT2D eigenvalue weighted by molar-refractivity contribution is -0.404. The van der Waals surface area contributed by atoms with Gasteiger partial charge in [0.15, 0.2) is 0 Å². The van der Waals surface area contributed by atoms with Crippen LogP contribution in [0.3, 0.4) is 0 Å². The Bertz CT molecular complexity index is 457. The normalized spacial score (nSPS) is 13.4. The zero-order valence-electron chi connectivity index (χ0n) is 11.3. The first-order chi connectivity index (χ1) is 8.90. The molecule has 1 atom stereocenters. The Labute approximate surface area is 117 Å². The lowest BCUT2D eigenvalue weighted by Gasteiger charge is -2.17. The van der Waals surface area contributed by atoms with Gasteiger partial charge in [-0.2, -0.15) is 0 Å². The average Bonchev–Trinajstić information content (AvgIpc) is 2.34. The number of rotatable bonds is 6. The second kappa shape index (κ2) is 7.09. The highest BCUT2D eigenvalue weighted by atomic mass is 35.5. The number of nitrogens with one attached hydrogen (secondary N) is 1. The number of hydrogen-bond donors (Lipinski definition) is 1. The maximum atomic E-state index is 10.7. The van der Waals surface area contributed by atoms with Crippen LogP contribution >= 0.6 is 11.6 Å². The summed E-state index contributed by atoms with van der Waals surface area (Å²) in [5.41, 5.74) is 1.46. The Kier molecular flexibility index (Phi) is 5.76. The van der Waals surface area contributed by atoms with Crippen LogP contribution in [0.4, 0.5) is 0 Å². The van der Waals surface area contributed by atoms with Gasteiger partial charge in [-0.25, -0.2) is 4.98 Å². The zero-order chi connectivity index (χ0) is 14.4. The predicted molar refractivity (Wildman–Crippen MR) is 75.6 cm³/mol. The van der Waals surface area contributed by atoms with Crippen molar-refractivity contribution < 1.29 is 4.92 Å². The van der Waals surface area contributed by atoms with Crippen molar-refractivity contribution in [1.29, 1.82) is 0 Å². The molecule has 1 rings (SSSR count). The van der Waals surface area contributed by atoms with Gasteiger partial charge in [-0.05, 0) is 17.5 Å². The molecular weight excluding hydrogens is 266 g/mol. The molecule has 0 aliphatic rings. The van der Waals surface area contributed by atoms with Crippen LogP contribution in [0.2, 0.25) is 5.15 Å². The van der Waals surface area contributed by atoms with Crippen molar-refractivity contribution in [2.24, 2.45) is 5.92 Å². The summed E-state index contributed by atoms with van der Waals surface area (Å²) in [6.07, 6.45) is 2.65. The number of nitro groups is 1. The Morgan fingerprint density at radius 1 is 1.53 bits per heavy atom. The summed E-state index contributed by atoms with van der Waals surface area (Å²) >= 11 is 5.73.